The first kappa shape index (κ1) is 15.5. The van der Waals surface area contributed by atoms with Crippen molar-refractivity contribution >= 4 is 27.9 Å². The van der Waals surface area contributed by atoms with E-state index in [-0.39, 0.29) is 6.04 Å². The predicted molar refractivity (Wildman–Crippen MR) is 81.2 cm³/mol. The summed E-state index contributed by atoms with van der Waals surface area (Å²) in [6.07, 6.45) is 4.91. The van der Waals surface area contributed by atoms with E-state index in [4.69, 9.17) is 5.11 Å². The molecule has 1 aliphatic rings. The molecule has 1 saturated carbocycles. The SMILES string of the molecule is CCc1cc(/C=C/C(=O)O)ccc1NS(=O)(=O)NC1CC1. The predicted octanol–water partition coefficient (Wildman–Crippen LogP) is 1.76. The maximum atomic E-state index is 11.9. The maximum Gasteiger partial charge on any atom is 0.328 e. The molecular weight excluding hydrogens is 292 g/mol. The Balaban J connectivity index is 2.17. The highest BCUT2D eigenvalue weighted by atomic mass is 32.2. The Labute approximate surface area is 124 Å². The molecule has 0 aliphatic heterocycles. The van der Waals surface area contributed by atoms with Crippen LogP contribution < -0.4 is 9.44 Å². The minimum atomic E-state index is -3.55. The fourth-order valence-corrected chi connectivity index (χ4v) is 3.09. The van der Waals surface area contributed by atoms with Crippen LogP contribution in [-0.2, 0) is 21.4 Å². The molecule has 0 saturated heterocycles. The van der Waals surface area contributed by atoms with Gasteiger partial charge >= 0.3 is 5.97 Å². The Morgan fingerprint density at radius 2 is 2.14 bits per heavy atom. The first-order valence-electron chi connectivity index (χ1n) is 6.73. The molecule has 0 aromatic heterocycles. The van der Waals surface area contributed by atoms with Crippen molar-refractivity contribution in [3.05, 3.63) is 35.4 Å². The lowest BCUT2D eigenvalue weighted by Crippen LogP contribution is -2.32. The van der Waals surface area contributed by atoms with Gasteiger partial charge in [0, 0.05) is 12.1 Å². The topological polar surface area (TPSA) is 95.5 Å². The molecule has 0 unspecified atom stereocenters. The van der Waals surface area contributed by atoms with E-state index >= 15 is 0 Å². The second-order valence-electron chi connectivity index (χ2n) is 4.94. The van der Waals surface area contributed by atoms with Gasteiger partial charge in [-0.3, -0.25) is 4.72 Å². The smallest absolute Gasteiger partial charge is 0.328 e. The lowest BCUT2D eigenvalue weighted by atomic mass is 10.1. The van der Waals surface area contributed by atoms with E-state index in [1.54, 1.807) is 18.2 Å². The first-order valence-corrected chi connectivity index (χ1v) is 8.22. The van der Waals surface area contributed by atoms with Crippen LogP contribution in [0, 0.1) is 0 Å². The summed E-state index contributed by atoms with van der Waals surface area (Å²) in [5, 5.41) is 8.61. The van der Waals surface area contributed by atoms with Gasteiger partial charge in [-0.25, -0.2) is 4.79 Å². The van der Waals surface area contributed by atoms with Crippen molar-refractivity contribution in [2.45, 2.75) is 32.2 Å². The average molecular weight is 310 g/mol. The molecule has 3 N–H and O–H groups in total. The van der Waals surface area contributed by atoms with Gasteiger partial charge in [0.1, 0.15) is 0 Å². The van der Waals surface area contributed by atoms with Crippen LogP contribution in [0.15, 0.2) is 24.3 Å². The fourth-order valence-electron chi connectivity index (χ4n) is 1.87. The maximum absolute atomic E-state index is 11.9. The van der Waals surface area contributed by atoms with Gasteiger partial charge in [0.05, 0.1) is 5.69 Å². The molecule has 0 atom stereocenters. The molecule has 2 rings (SSSR count). The number of carbonyl (C=O) groups is 1. The van der Waals surface area contributed by atoms with E-state index in [1.165, 1.54) is 6.08 Å². The molecule has 0 heterocycles. The summed E-state index contributed by atoms with van der Waals surface area (Å²) in [7, 11) is -3.55. The molecule has 1 aliphatic carbocycles. The van der Waals surface area contributed by atoms with Gasteiger partial charge < -0.3 is 5.11 Å². The van der Waals surface area contributed by atoms with Crippen molar-refractivity contribution in [2.75, 3.05) is 4.72 Å². The number of carboxylic acid groups (broad SMARTS) is 1. The third kappa shape index (κ3) is 4.87. The quantitative estimate of drug-likeness (QED) is 0.669. The Hall–Kier alpha value is -1.86. The molecular formula is C14H18N2O4S. The minimum Gasteiger partial charge on any atom is -0.478 e. The molecule has 7 heteroatoms. The summed E-state index contributed by atoms with van der Waals surface area (Å²) in [5.74, 6) is -1.02. The highest BCUT2D eigenvalue weighted by Crippen LogP contribution is 2.23. The summed E-state index contributed by atoms with van der Waals surface area (Å²) in [6, 6.07) is 5.14. The standard InChI is InChI=1S/C14H18N2O4S/c1-2-11-9-10(4-8-14(17)18)3-7-13(11)16-21(19,20)15-12-5-6-12/h3-4,7-9,12,15-16H,2,5-6H2,1H3,(H,17,18)/b8-4+. The van der Waals surface area contributed by atoms with Crippen molar-refractivity contribution in [2.24, 2.45) is 0 Å². The molecule has 0 amide bonds. The van der Waals surface area contributed by atoms with Crippen LogP contribution in [0.3, 0.4) is 0 Å². The second kappa shape index (κ2) is 6.28. The Morgan fingerprint density at radius 3 is 2.71 bits per heavy atom. The molecule has 21 heavy (non-hydrogen) atoms. The van der Waals surface area contributed by atoms with Crippen LogP contribution in [-0.4, -0.2) is 25.5 Å². The van der Waals surface area contributed by atoms with E-state index < -0.39 is 16.2 Å². The number of rotatable bonds is 7. The van der Waals surface area contributed by atoms with E-state index in [1.807, 2.05) is 6.92 Å². The van der Waals surface area contributed by atoms with Gasteiger partial charge in [0.15, 0.2) is 0 Å². The van der Waals surface area contributed by atoms with E-state index in [9.17, 15) is 13.2 Å². The van der Waals surface area contributed by atoms with E-state index in [0.717, 1.165) is 24.5 Å². The minimum absolute atomic E-state index is 0.0466. The van der Waals surface area contributed by atoms with E-state index in [0.29, 0.717) is 17.7 Å². The number of aliphatic carboxylic acids is 1. The molecule has 114 valence electrons. The molecule has 0 bridgehead atoms. The highest BCUT2D eigenvalue weighted by Gasteiger charge is 2.27. The zero-order valence-corrected chi connectivity index (χ0v) is 12.5. The lowest BCUT2D eigenvalue weighted by molar-refractivity contribution is -0.131. The largest absolute Gasteiger partial charge is 0.478 e. The number of nitrogens with one attached hydrogen (secondary N) is 2. The number of carboxylic acids is 1. The van der Waals surface area contributed by atoms with Crippen molar-refractivity contribution < 1.29 is 18.3 Å². The molecule has 1 fully saturated rings. The van der Waals surface area contributed by atoms with Crippen LogP contribution >= 0.6 is 0 Å². The third-order valence-electron chi connectivity index (χ3n) is 3.07. The van der Waals surface area contributed by atoms with Crippen LogP contribution in [0.25, 0.3) is 6.08 Å². The summed E-state index contributed by atoms with van der Waals surface area (Å²) in [5.41, 5.74) is 2.04. The van der Waals surface area contributed by atoms with Gasteiger partial charge in [-0.15, -0.1) is 0 Å². The summed E-state index contributed by atoms with van der Waals surface area (Å²) in [4.78, 5) is 10.5. The average Bonchev–Trinajstić information content (AvgIpc) is 3.20. The van der Waals surface area contributed by atoms with Gasteiger partial charge in [0.25, 0.3) is 10.2 Å². The van der Waals surface area contributed by atoms with Crippen LogP contribution in [0.4, 0.5) is 5.69 Å². The monoisotopic (exact) mass is 310 g/mol. The normalized spacial score (nSPS) is 15.3. The van der Waals surface area contributed by atoms with Gasteiger partial charge in [0.2, 0.25) is 0 Å². The molecule has 0 radical (unpaired) electrons. The number of benzene rings is 1. The van der Waals surface area contributed by atoms with Gasteiger partial charge in [-0.05, 0) is 48.6 Å². The van der Waals surface area contributed by atoms with Crippen LogP contribution in [0.2, 0.25) is 0 Å². The molecule has 6 nitrogen and oxygen atoms in total. The second-order valence-corrected chi connectivity index (χ2v) is 6.39. The van der Waals surface area contributed by atoms with Crippen molar-refractivity contribution in [1.82, 2.24) is 4.72 Å². The summed E-state index contributed by atoms with van der Waals surface area (Å²) >= 11 is 0. The molecule has 0 spiro atoms. The first-order chi connectivity index (χ1) is 9.89. The number of hydrogen-bond donors (Lipinski definition) is 3. The zero-order valence-electron chi connectivity index (χ0n) is 11.7. The van der Waals surface area contributed by atoms with Crippen molar-refractivity contribution in [3.8, 4) is 0 Å². The van der Waals surface area contributed by atoms with Crippen LogP contribution in [0.1, 0.15) is 30.9 Å². The fraction of sp³-hybridized carbons (Fsp3) is 0.357. The van der Waals surface area contributed by atoms with Crippen molar-refractivity contribution in [1.29, 1.82) is 0 Å². The Bertz CT molecular complexity index is 664. The Morgan fingerprint density at radius 1 is 1.43 bits per heavy atom. The summed E-state index contributed by atoms with van der Waals surface area (Å²) in [6.45, 7) is 1.91. The molecule has 1 aromatic carbocycles. The number of anilines is 1. The van der Waals surface area contributed by atoms with Crippen LogP contribution in [0.5, 0.6) is 0 Å². The van der Waals surface area contributed by atoms with Gasteiger partial charge in [-0.2, -0.15) is 13.1 Å². The van der Waals surface area contributed by atoms with E-state index in [2.05, 4.69) is 9.44 Å². The highest BCUT2D eigenvalue weighted by molar-refractivity contribution is 7.90. The summed E-state index contributed by atoms with van der Waals surface area (Å²) < 4.78 is 28.9. The zero-order chi connectivity index (χ0) is 15.5. The lowest BCUT2D eigenvalue weighted by Gasteiger charge is -2.12. The van der Waals surface area contributed by atoms with Crippen molar-refractivity contribution in [3.63, 3.8) is 0 Å². The molecule has 1 aromatic rings. The number of hydrogen-bond acceptors (Lipinski definition) is 3. The van der Waals surface area contributed by atoms with Gasteiger partial charge in [-0.1, -0.05) is 13.0 Å². The Kier molecular flexibility index (Phi) is 4.64. The number of aryl methyl sites for hydroxylation is 1. The third-order valence-corrected chi connectivity index (χ3v) is 4.20.